The van der Waals surface area contributed by atoms with Crippen LogP contribution in [-0.4, -0.2) is 24.2 Å². The highest BCUT2D eigenvalue weighted by Crippen LogP contribution is 2.20. The van der Waals surface area contributed by atoms with Crippen molar-refractivity contribution in [3.63, 3.8) is 0 Å². The summed E-state index contributed by atoms with van der Waals surface area (Å²) in [6, 6.07) is 3.90. The van der Waals surface area contributed by atoms with E-state index in [2.05, 4.69) is 6.58 Å². The van der Waals surface area contributed by atoms with Gasteiger partial charge >= 0.3 is 5.97 Å². The van der Waals surface area contributed by atoms with Crippen LogP contribution < -0.4 is 4.90 Å². The number of carboxylic acid groups (broad SMARTS) is 1. The lowest BCUT2D eigenvalue weighted by molar-refractivity contribution is 0.0696. The maximum Gasteiger partial charge on any atom is 0.335 e. The highest BCUT2D eigenvalue weighted by atomic mass is 19.1. The average Bonchev–Trinajstić information content (AvgIpc) is 2.26. The zero-order valence-electron chi connectivity index (χ0n) is 9.11. The van der Waals surface area contributed by atoms with Crippen LogP contribution in [0, 0.1) is 5.82 Å². The van der Waals surface area contributed by atoms with Crippen molar-refractivity contribution in [2.75, 3.05) is 18.0 Å². The molecule has 1 aromatic carbocycles. The van der Waals surface area contributed by atoms with Gasteiger partial charge in [-0.25, -0.2) is 9.18 Å². The van der Waals surface area contributed by atoms with Gasteiger partial charge in [0.2, 0.25) is 0 Å². The van der Waals surface area contributed by atoms with Crippen molar-refractivity contribution in [2.24, 2.45) is 0 Å². The van der Waals surface area contributed by atoms with Crippen molar-refractivity contribution < 1.29 is 14.3 Å². The quantitative estimate of drug-likeness (QED) is 0.780. The first kappa shape index (κ1) is 12.2. The number of likely N-dealkylation sites (N-methyl/N-ethyl adjacent to an activating group) is 1. The van der Waals surface area contributed by atoms with Gasteiger partial charge in [0.25, 0.3) is 0 Å². The summed E-state index contributed by atoms with van der Waals surface area (Å²) in [5.41, 5.74) is 0.350. The van der Waals surface area contributed by atoms with Crippen LogP contribution in [0.25, 0.3) is 0 Å². The first-order valence-corrected chi connectivity index (χ1v) is 4.98. The maximum atomic E-state index is 13.6. The summed E-state index contributed by atoms with van der Waals surface area (Å²) in [7, 11) is 0. The van der Waals surface area contributed by atoms with Gasteiger partial charge in [0.1, 0.15) is 5.82 Å². The molecule has 0 aliphatic rings. The van der Waals surface area contributed by atoms with Crippen LogP contribution in [0.4, 0.5) is 10.1 Å². The third kappa shape index (κ3) is 2.59. The lowest BCUT2D eigenvalue weighted by Gasteiger charge is -2.21. The van der Waals surface area contributed by atoms with Gasteiger partial charge in [-0.1, -0.05) is 6.08 Å². The molecule has 4 heteroatoms. The molecule has 0 fully saturated rings. The van der Waals surface area contributed by atoms with Crippen LogP contribution in [-0.2, 0) is 0 Å². The molecule has 0 unspecified atom stereocenters. The molecule has 1 rings (SSSR count). The van der Waals surface area contributed by atoms with Gasteiger partial charge in [0.05, 0.1) is 11.3 Å². The largest absolute Gasteiger partial charge is 0.478 e. The topological polar surface area (TPSA) is 40.5 Å². The average molecular weight is 223 g/mol. The van der Waals surface area contributed by atoms with E-state index in [9.17, 15) is 9.18 Å². The normalized spacial score (nSPS) is 9.88. The second-order valence-corrected chi connectivity index (χ2v) is 3.30. The van der Waals surface area contributed by atoms with Gasteiger partial charge in [0.15, 0.2) is 0 Å². The zero-order chi connectivity index (χ0) is 12.1. The molecular weight excluding hydrogens is 209 g/mol. The number of nitrogens with zero attached hydrogens (tertiary/aromatic N) is 1. The van der Waals surface area contributed by atoms with Gasteiger partial charge in [0, 0.05) is 13.1 Å². The summed E-state index contributed by atoms with van der Waals surface area (Å²) < 4.78 is 13.6. The van der Waals surface area contributed by atoms with E-state index >= 15 is 0 Å². The number of anilines is 1. The van der Waals surface area contributed by atoms with Crippen molar-refractivity contribution in [3.05, 3.63) is 42.2 Å². The molecule has 0 aliphatic heterocycles. The molecule has 0 aromatic heterocycles. The van der Waals surface area contributed by atoms with Crippen LogP contribution in [0.5, 0.6) is 0 Å². The van der Waals surface area contributed by atoms with Crippen molar-refractivity contribution >= 4 is 11.7 Å². The predicted molar refractivity (Wildman–Crippen MR) is 61.4 cm³/mol. The smallest absolute Gasteiger partial charge is 0.335 e. The van der Waals surface area contributed by atoms with Crippen molar-refractivity contribution in [1.82, 2.24) is 0 Å². The molecule has 0 spiro atoms. The first-order valence-electron chi connectivity index (χ1n) is 4.98. The molecule has 1 N–H and O–H groups in total. The standard InChI is InChI=1S/C12H14FNO2/c1-3-7-14(4-2)11-6-5-9(12(15)16)8-10(11)13/h3,5-6,8H,1,4,7H2,2H3,(H,15,16). The van der Waals surface area contributed by atoms with E-state index in [0.29, 0.717) is 18.8 Å². The molecule has 0 atom stereocenters. The number of carboxylic acids is 1. The van der Waals surface area contributed by atoms with Gasteiger partial charge < -0.3 is 10.0 Å². The third-order valence-corrected chi connectivity index (χ3v) is 2.27. The predicted octanol–water partition coefficient (Wildman–Crippen LogP) is 2.54. The Bertz CT molecular complexity index is 404. The number of hydrogen-bond donors (Lipinski definition) is 1. The molecule has 0 amide bonds. The molecular formula is C12H14FNO2. The van der Waals surface area contributed by atoms with Crippen molar-refractivity contribution in [1.29, 1.82) is 0 Å². The highest BCUT2D eigenvalue weighted by molar-refractivity contribution is 5.88. The number of hydrogen-bond acceptors (Lipinski definition) is 2. The summed E-state index contributed by atoms with van der Waals surface area (Å²) in [4.78, 5) is 12.4. The fraction of sp³-hybridized carbons (Fsp3) is 0.250. The summed E-state index contributed by atoms with van der Waals surface area (Å²) >= 11 is 0. The Balaban J connectivity index is 3.05. The summed E-state index contributed by atoms with van der Waals surface area (Å²) in [5, 5.41) is 8.70. The van der Waals surface area contributed by atoms with Crippen molar-refractivity contribution in [3.8, 4) is 0 Å². The lowest BCUT2D eigenvalue weighted by Crippen LogP contribution is -2.23. The Morgan fingerprint density at radius 2 is 2.31 bits per heavy atom. The van der Waals surface area contributed by atoms with Crippen LogP contribution >= 0.6 is 0 Å². The van der Waals surface area contributed by atoms with E-state index in [0.717, 1.165) is 6.07 Å². The van der Waals surface area contributed by atoms with E-state index in [1.54, 1.807) is 11.0 Å². The Hall–Kier alpha value is -1.84. The summed E-state index contributed by atoms with van der Waals surface area (Å²) in [6.07, 6.45) is 1.67. The van der Waals surface area contributed by atoms with Gasteiger partial charge in [-0.3, -0.25) is 0 Å². The minimum Gasteiger partial charge on any atom is -0.478 e. The molecule has 16 heavy (non-hydrogen) atoms. The lowest BCUT2D eigenvalue weighted by atomic mass is 10.2. The number of rotatable bonds is 5. The second kappa shape index (κ2) is 5.30. The fourth-order valence-corrected chi connectivity index (χ4v) is 1.45. The molecule has 1 aromatic rings. The molecule has 86 valence electrons. The zero-order valence-corrected chi connectivity index (χ0v) is 9.11. The molecule has 0 saturated carbocycles. The molecule has 0 saturated heterocycles. The van der Waals surface area contributed by atoms with E-state index in [4.69, 9.17) is 5.11 Å². The summed E-state index contributed by atoms with van der Waals surface area (Å²) in [5.74, 6) is -1.65. The molecule has 0 heterocycles. The Kier molecular flexibility index (Phi) is 4.05. The molecule has 0 aliphatic carbocycles. The monoisotopic (exact) mass is 223 g/mol. The fourth-order valence-electron chi connectivity index (χ4n) is 1.45. The van der Waals surface area contributed by atoms with Crippen LogP contribution in [0.3, 0.4) is 0 Å². The van der Waals surface area contributed by atoms with E-state index < -0.39 is 11.8 Å². The Labute approximate surface area is 93.8 Å². The number of carbonyl (C=O) groups is 1. The minimum absolute atomic E-state index is 0.0455. The maximum absolute atomic E-state index is 13.6. The van der Waals surface area contributed by atoms with Crippen molar-refractivity contribution in [2.45, 2.75) is 6.92 Å². The van der Waals surface area contributed by atoms with Gasteiger partial charge in [-0.2, -0.15) is 0 Å². The number of aromatic carboxylic acids is 1. The summed E-state index contributed by atoms with van der Waals surface area (Å²) in [6.45, 7) is 6.65. The van der Waals surface area contributed by atoms with E-state index in [1.807, 2.05) is 6.92 Å². The first-order chi connectivity index (χ1) is 7.60. The van der Waals surface area contributed by atoms with Crippen LogP contribution in [0.15, 0.2) is 30.9 Å². The Morgan fingerprint density at radius 1 is 1.62 bits per heavy atom. The minimum atomic E-state index is -1.13. The number of halogens is 1. The van der Waals surface area contributed by atoms with Crippen LogP contribution in [0.2, 0.25) is 0 Å². The van der Waals surface area contributed by atoms with Crippen LogP contribution in [0.1, 0.15) is 17.3 Å². The van der Waals surface area contributed by atoms with Gasteiger partial charge in [-0.05, 0) is 25.1 Å². The van der Waals surface area contributed by atoms with Gasteiger partial charge in [-0.15, -0.1) is 6.58 Å². The Morgan fingerprint density at radius 3 is 2.75 bits per heavy atom. The van der Waals surface area contributed by atoms with E-state index in [1.165, 1.54) is 12.1 Å². The molecule has 0 bridgehead atoms. The third-order valence-electron chi connectivity index (χ3n) is 2.27. The molecule has 3 nitrogen and oxygen atoms in total. The number of benzene rings is 1. The molecule has 0 radical (unpaired) electrons. The SMILES string of the molecule is C=CCN(CC)c1ccc(C(=O)O)cc1F. The second-order valence-electron chi connectivity index (χ2n) is 3.30. The van der Waals surface area contributed by atoms with E-state index in [-0.39, 0.29) is 5.56 Å². The highest BCUT2D eigenvalue weighted by Gasteiger charge is 2.11.